The molecule has 26 heavy (non-hydrogen) atoms. The van der Waals surface area contributed by atoms with E-state index in [-0.39, 0.29) is 23.9 Å². The van der Waals surface area contributed by atoms with Crippen molar-refractivity contribution in [2.75, 3.05) is 11.9 Å². The molecule has 0 aromatic heterocycles. The van der Waals surface area contributed by atoms with Gasteiger partial charge in [0.25, 0.3) is 0 Å². The van der Waals surface area contributed by atoms with Crippen molar-refractivity contribution in [2.24, 2.45) is 0 Å². The summed E-state index contributed by atoms with van der Waals surface area (Å²) in [7, 11) is 0. The Balaban J connectivity index is 1.62. The number of benzene rings is 2. The number of hydrogen-bond acceptors (Lipinski definition) is 4. The normalized spacial score (nSPS) is 12.8. The smallest absolute Gasteiger partial charge is 0.338 e. The van der Waals surface area contributed by atoms with E-state index in [1.165, 1.54) is 30.5 Å². The minimum Gasteiger partial charge on any atom is -0.454 e. The lowest BCUT2D eigenvalue weighted by molar-refractivity contribution is -0.114. The molecule has 0 atom stereocenters. The number of ether oxygens (including phenoxy) is 1. The fraction of sp³-hybridized carbons (Fsp3) is 0.286. The van der Waals surface area contributed by atoms with Crippen molar-refractivity contribution in [1.82, 2.24) is 0 Å². The van der Waals surface area contributed by atoms with Crippen LogP contribution in [0.1, 0.15) is 51.6 Å². The molecule has 134 valence electrons. The van der Waals surface area contributed by atoms with Gasteiger partial charge in [-0.3, -0.25) is 9.59 Å². The summed E-state index contributed by atoms with van der Waals surface area (Å²) >= 11 is 0. The highest BCUT2D eigenvalue weighted by Gasteiger charge is 2.15. The number of fused-ring (bicyclic) bond motifs is 1. The fourth-order valence-electron chi connectivity index (χ4n) is 3.13. The van der Waals surface area contributed by atoms with Crippen LogP contribution in [0.3, 0.4) is 0 Å². The van der Waals surface area contributed by atoms with Crippen LogP contribution in [0, 0.1) is 0 Å². The quantitative estimate of drug-likeness (QED) is 0.660. The summed E-state index contributed by atoms with van der Waals surface area (Å²) < 4.78 is 5.15. The van der Waals surface area contributed by atoms with Gasteiger partial charge in [0.05, 0.1) is 5.56 Å². The number of hydrogen-bond donors (Lipinski definition) is 1. The highest BCUT2D eigenvalue weighted by atomic mass is 16.5. The summed E-state index contributed by atoms with van der Waals surface area (Å²) in [5.41, 5.74) is 3.89. The molecule has 5 heteroatoms. The first-order valence-electron chi connectivity index (χ1n) is 8.73. The molecule has 1 aliphatic carbocycles. The van der Waals surface area contributed by atoms with Gasteiger partial charge < -0.3 is 10.1 Å². The van der Waals surface area contributed by atoms with Crippen molar-refractivity contribution in [3.8, 4) is 0 Å². The molecule has 0 bridgehead atoms. The van der Waals surface area contributed by atoms with Crippen LogP contribution in [0.2, 0.25) is 0 Å². The third kappa shape index (κ3) is 4.36. The topological polar surface area (TPSA) is 72.5 Å². The highest BCUT2D eigenvalue weighted by Crippen LogP contribution is 2.22. The Kier molecular flexibility index (Phi) is 5.46. The van der Waals surface area contributed by atoms with Gasteiger partial charge in [0.15, 0.2) is 12.4 Å². The van der Waals surface area contributed by atoms with Crippen molar-refractivity contribution in [3.63, 3.8) is 0 Å². The van der Waals surface area contributed by atoms with Crippen molar-refractivity contribution in [2.45, 2.75) is 32.6 Å². The number of amides is 1. The van der Waals surface area contributed by atoms with Crippen molar-refractivity contribution >= 4 is 23.3 Å². The second-order valence-corrected chi connectivity index (χ2v) is 6.45. The van der Waals surface area contributed by atoms with Gasteiger partial charge in [0.1, 0.15) is 0 Å². The number of Topliss-reactive ketones (excluding diaryl/α,β-unsaturated/α-hetero) is 1. The number of carbonyl (C=O) groups is 3. The highest BCUT2D eigenvalue weighted by molar-refractivity contribution is 6.00. The van der Waals surface area contributed by atoms with Crippen molar-refractivity contribution in [1.29, 1.82) is 0 Å². The minimum atomic E-state index is -0.594. The molecule has 3 rings (SSSR count). The number of anilines is 1. The fourth-order valence-corrected chi connectivity index (χ4v) is 3.13. The van der Waals surface area contributed by atoms with E-state index < -0.39 is 5.97 Å². The van der Waals surface area contributed by atoms with E-state index in [0.717, 1.165) is 19.3 Å². The van der Waals surface area contributed by atoms with Crippen LogP contribution >= 0.6 is 0 Å². The molecule has 1 amide bonds. The minimum absolute atomic E-state index is 0.218. The standard InChI is InChI=1S/C21H21NO4/c1-14(23)22-19-8-4-7-18(12-19)21(25)26-13-20(24)17-10-9-15-5-2-3-6-16(15)11-17/h4,7-12H,2-3,5-6,13H2,1H3,(H,22,23). The molecule has 0 aliphatic heterocycles. The van der Waals surface area contributed by atoms with Gasteiger partial charge >= 0.3 is 5.97 Å². The summed E-state index contributed by atoms with van der Waals surface area (Å²) in [6.07, 6.45) is 4.38. The molecular weight excluding hydrogens is 330 g/mol. The number of nitrogens with one attached hydrogen (secondary N) is 1. The number of carbonyl (C=O) groups excluding carboxylic acids is 3. The van der Waals surface area contributed by atoms with Crippen LogP contribution < -0.4 is 5.32 Å². The average molecular weight is 351 g/mol. The maximum absolute atomic E-state index is 12.3. The predicted molar refractivity (Wildman–Crippen MR) is 98.4 cm³/mol. The van der Waals surface area contributed by atoms with Gasteiger partial charge in [0.2, 0.25) is 5.91 Å². The lowest BCUT2D eigenvalue weighted by Crippen LogP contribution is -2.15. The first-order valence-corrected chi connectivity index (χ1v) is 8.73. The van der Waals surface area contributed by atoms with Crippen LogP contribution in [-0.2, 0) is 22.4 Å². The molecule has 2 aromatic rings. The zero-order chi connectivity index (χ0) is 18.5. The van der Waals surface area contributed by atoms with Crippen LogP contribution in [0.4, 0.5) is 5.69 Å². The van der Waals surface area contributed by atoms with E-state index >= 15 is 0 Å². The number of rotatable bonds is 5. The molecule has 0 heterocycles. The number of aryl methyl sites for hydroxylation is 2. The summed E-state index contributed by atoms with van der Waals surface area (Å²) in [5.74, 6) is -1.04. The van der Waals surface area contributed by atoms with E-state index in [4.69, 9.17) is 4.74 Å². The first kappa shape index (κ1) is 17.9. The third-order valence-corrected chi connectivity index (χ3v) is 4.42. The monoisotopic (exact) mass is 351 g/mol. The second-order valence-electron chi connectivity index (χ2n) is 6.45. The Labute approximate surface area is 152 Å². The maximum Gasteiger partial charge on any atom is 0.338 e. The molecule has 0 unspecified atom stereocenters. The number of ketones is 1. The Morgan fingerprint density at radius 3 is 2.50 bits per heavy atom. The molecule has 0 radical (unpaired) electrons. The molecule has 0 saturated heterocycles. The van der Waals surface area contributed by atoms with E-state index in [1.807, 2.05) is 12.1 Å². The predicted octanol–water partition coefficient (Wildman–Crippen LogP) is 3.56. The van der Waals surface area contributed by atoms with E-state index in [0.29, 0.717) is 11.3 Å². The molecule has 1 N–H and O–H groups in total. The van der Waals surface area contributed by atoms with Gasteiger partial charge in [-0.1, -0.05) is 18.2 Å². The third-order valence-electron chi connectivity index (χ3n) is 4.42. The first-order chi connectivity index (χ1) is 12.5. The Hall–Kier alpha value is -2.95. The van der Waals surface area contributed by atoms with Crippen LogP contribution in [-0.4, -0.2) is 24.3 Å². The van der Waals surface area contributed by atoms with Gasteiger partial charge in [-0.05, 0) is 61.1 Å². The molecule has 0 saturated carbocycles. The van der Waals surface area contributed by atoms with Crippen LogP contribution in [0.15, 0.2) is 42.5 Å². The van der Waals surface area contributed by atoms with E-state index in [2.05, 4.69) is 5.32 Å². The Morgan fingerprint density at radius 2 is 1.73 bits per heavy atom. The maximum atomic E-state index is 12.3. The Morgan fingerprint density at radius 1 is 0.962 bits per heavy atom. The SMILES string of the molecule is CC(=O)Nc1cccc(C(=O)OCC(=O)c2ccc3c(c2)CCCC3)c1. The largest absolute Gasteiger partial charge is 0.454 e. The molecule has 1 aliphatic rings. The summed E-state index contributed by atoms with van der Waals surface area (Å²) in [4.78, 5) is 35.6. The molecule has 2 aromatic carbocycles. The van der Waals surface area contributed by atoms with E-state index in [9.17, 15) is 14.4 Å². The molecule has 0 fully saturated rings. The van der Waals surface area contributed by atoms with Gasteiger partial charge in [-0.2, -0.15) is 0 Å². The van der Waals surface area contributed by atoms with Crippen LogP contribution in [0.5, 0.6) is 0 Å². The van der Waals surface area contributed by atoms with Crippen molar-refractivity contribution in [3.05, 3.63) is 64.7 Å². The number of esters is 1. The van der Waals surface area contributed by atoms with Gasteiger partial charge in [-0.25, -0.2) is 4.79 Å². The van der Waals surface area contributed by atoms with Gasteiger partial charge in [-0.15, -0.1) is 0 Å². The summed E-state index contributed by atoms with van der Waals surface area (Å²) in [6, 6.07) is 12.1. The lowest BCUT2D eigenvalue weighted by atomic mass is 9.90. The lowest BCUT2D eigenvalue weighted by Gasteiger charge is -2.16. The summed E-state index contributed by atoms with van der Waals surface area (Å²) in [5, 5.41) is 2.61. The second kappa shape index (κ2) is 7.95. The molecule has 0 spiro atoms. The van der Waals surface area contributed by atoms with E-state index in [1.54, 1.807) is 24.3 Å². The molecular formula is C21H21NO4. The summed E-state index contributed by atoms with van der Waals surface area (Å²) in [6.45, 7) is 1.09. The van der Waals surface area contributed by atoms with Crippen LogP contribution in [0.25, 0.3) is 0 Å². The van der Waals surface area contributed by atoms with Crippen molar-refractivity contribution < 1.29 is 19.1 Å². The average Bonchev–Trinajstić information content (AvgIpc) is 2.65. The zero-order valence-corrected chi connectivity index (χ0v) is 14.7. The molecule has 5 nitrogen and oxygen atoms in total. The van der Waals surface area contributed by atoms with Gasteiger partial charge in [0, 0.05) is 18.2 Å². The zero-order valence-electron chi connectivity index (χ0n) is 14.7. The Bertz CT molecular complexity index is 857.